The summed E-state index contributed by atoms with van der Waals surface area (Å²) in [6.07, 6.45) is 0.191. The number of aliphatic hydroxyl groups excluding tert-OH is 1. The van der Waals surface area contributed by atoms with Crippen molar-refractivity contribution in [2.45, 2.75) is 31.8 Å². The van der Waals surface area contributed by atoms with Gasteiger partial charge in [-0.05, 0) is 36.6 Å². The maximum Gasteiger partial charge on any atom is 0.224 e. The number of amides is 1. The Bertz CT molecular complexity index is 689. The van der Waals surface area contributed by atoms with E-state index in [-0.39, 0.29) is 24.0 Å². The number of aliphatic hydroxyl groups is 1. The van der Waals surface area contributed by atoms with Crippen LogP contribution in [-0.2, 0) is 11.2 Å². The van der Waals surface area contributed by atoms with E-state index < -0.39 is 11.9 Å². The molecule has 134 valence electrons. The van der Waals surface area contributed by atoms with Crippen LogP contribution in [-0.4, -0.2) is 30.8 Å². The lowest BCUT2D eigenvalue weighted by Gasteiger charge is -2.19. The lowest BCUT2D eigenvalue weighted by atomic mass is 9.93. The molecule has 2 atom stereocenters. The van der Waals surface area contributed by atoms with E-state index in [2.05, 4.69) is 5.32 Å². The van der Waals surface area contributed by atoms with Crippen molar-refractivity contribution in [1.82, 2.24) is 5.32 Å². The zero-order valence-corrected chi connectivity index (χ0v) is 14.5. The molecule has 0 aromatic heterocycles. The van der Waals surface area contributed by atoms with Gasteiger partial charge in [-0.3, -0.25) is 4.79 Å². The summed E-state index contributed by atoms with van der Waals surface area (Å²) >= 11 is 0. The second-order valence-corrected chi connectivity index (χ2v) is 6.14. The zero-order valence-electron chi connectivity index (χ0n) is 14.5. The van der Waals surface area contributed by atoms with Crippen LogP contribution in [0.4, 0.5) is 4.39 Å². The number of carbonyl (C=O) groups excluding carboxylic acids is 1. The maximum atomic E-state index is 13.7. The summed E-state index contributed by atoms with van der Waals surface area (Å²) in [6, 6.07) is 14.3. The Balaban J connectivity index is 1.95. The van der Waals surface area contributed by atoms with Gasteiger partial charge in [0.15, 0.2) is 11.6 Å². The van der Waals surface area contributed by atoms with Crippen molar-refractivity contribution in [3.63, 3.8) is 0 Å². The molecular weight excluding hydrogens is 321 g/mol. The normalized spacial score (nSPS) is 13.1. The topological polar surface area (TPSA) is 58.6 Å². The summed E-state index contributed by atoms with van der Waals surface area (Å²) in [5.74, 6) is -0.483. The van der Waals surface area contributed by atoms with Gasteiger partial charge in [0.2, 0.25) is 5.91 Å². The number of ether oxygens (including phenoxy) is 1. The van der Waals surface area contributed by atoms with Gasteiger partial charge in [0.1, 0.15) is 0 Å². The molecule has 2 N–H and O–H groups in total. The summed E-state index contributed by atoms with van der Waals surface area (Å²) in [5.41, 5.74) is 1.65. The van der Waals surface area contributed by atoms with Crippen LogP contribution in [0.25, 0.3) is 0 Å². The first kappa shape index (κ1) is 18.9. The van der Waals surface area contributed by atoms with Crippen molar-refractivity contribution >= 4 is 5.91 Å². The van der Waals surface area contributed by atoms with Gasteiger partial charge in [0.25, 0.3) is 0 Å². The number of rotatable bonds is 8. The van der Waals surface area contributed by atoms with Crippen LogP contribution in [0.5, 0.6) is 5.75 Å². The highest BCUT2D eigenvalue weighted by Gasteiger charge is 2.16. The van der Waals surface area contributed by atoms with E-state index in [1.807, 2.05) is 30.3 Å². The van der Waals surface area contributed by atoms with E-state index in [9.17, 15) is 14.3 Å². The van der Waals surface area contributed by atoms with Gasteiger partial charge < -0.3 is 15.2 Å². The van der Waals surface area contributed by atoms with Crippen LogP contribution >= 0.6 is 0 Å². The third-order valence-corrected chi connectivity index (χ3v) is 4.02. The Morgan fingerprint density at radius 3 is 2.56 bits per heavy atom. The molecule has 0 heterocycles. The van der Waals surface area contributed by atoms with E-state index in [0.717, 1.165) is 5.56 Å². The molecule has 5 heteroatoms. The monoisotopic (exact) mass is 345 g/mol. The van der Waals surface area contributed by atoms with Gasteiger partial charge in [-0.1, -0.05) is 36.4 Å². The second kappa shape index (κ2) is 9.18. The van der Waals surface area contributed by atoms with Crippen LogP contribution in [0.2, 0.25) is 0 Å². The predicted molar refractivity (Wildman–Crippen MR) is 95.1 cm³/mol. The SMILES string of the molecule is COc1ccc(CC(=O)NCC(CC(C)O)c2ccccc2)cc1F. The van der Waals surface area contributed by atoms with Gasteiger partial charge in [-0.2, -0.15) is 0 Å². The summed E-state index contributed by atoms with van der Waals surface area (Å²) in [6.45, 7) is 2.16. The fourth-order valence-electron chi connectivity index (χ4n) is 2.78. The van der Waals surface area contributed by atoms with E-state index in [1.54, 1.807) is 13.0 Å². The van der Waals surface area contributed by atoms with Gasteiger partial charge >= 0.3 is 0 Å². The van der Waals surface area contributed by atoms with Crippen LogP contribution < -0.4 is 10.1 Å². The number of carbonyl (C=O) groups is 1. The van der Waals surface area contributed by atoms with E-state index in [0.29, 0.717) is 18.5 Å². The van der Waals surface area contributed by atoms with E-state index in [4.69, 9.17) is 4.74 Å². The molecule has 25 heavy (non-hydrogen) atoms. The third kappa shape index (κ3) is 5.87. The quantitative estimate of drug-likeness (QED) is 0.773. The van der Waals surface area contributed by atoms with E-state index >= 15 is 0 Å². The Hall–Kier alpha value is -2.40. The first-order chi connectivity index (χ1) is 12.0. The molecule has 2 rings (SSSR count). The minimum atomic E-state index is -0.482. The van der Waals surface area contributed by atoms with Gasteiger partial charge in [0.05, 0.1) is 19.6 Å². The lowest BCUT2D eigenvalue weighted by Crippen LogP contribution is -2.30. The number of benzene rings is 2. The van der Waals surface area contributed by atoms with Crippen LogP contribution in [0.3, 0.4) is 0 Å². The summed E-state index contributed by atoms with van der Waals surface area (Å²) in [5, 5.41) is 12.6. The van der Waals surface area contributed by atoms with Crippen LogP contribution in [0, 0.1) is 5.82 Å². The molecular formula is C20H24FNO3. The first-order valence-corrected chi connectivity index (χ1v) is 8.31. The Morgan fingerprint density at radius 2 is 1.96 bits per heavy atom. The maximum absolute atomic E-state index is 13.7. The average Bonchev–Trinajstić information content (AvgIpc) is 2.59. The molecule has 0 saturated heterocycles. The Labute approximate surface area is 147 Å². The van der Waals surface area contributed by atoms with Gasteiger partial charge in [0, 0.05) is 12.5 Å². The van der Waals surface area contributed by atoms with Crippen molar-refractivity contribution in [3.05, 3.63) is 65.5 Å². The molecule has 0 saturated carbocycles. The Kier molecular flexibility index (Phi) is 6.95. The molecule has 2 unspecified atom stereocenters. The molecule has 0 aliphatic heterocycles. The molecule has 0 aliphatic rings. The van der Waals surface area contributed by atoms with Gasteiger partial charge in [-0.15, -0.1) is 0 Å². The molecule has 0 bridgehead atoms. The van der Waals surface area contributed by atoms with E-state index in [1.165, 1.54) is 19.2 Å². The smallest absolute Gasteiger partial charge is 0.224 e. The molecule has 1 amide bonds. The van der Waals surface area contributed by atoms with Crippen molar-refractivity contribution in [3.8, 4) is 5.75 Å². The average molecular weight is 345 g/mol. The van der Waals surface area contributed by atoms with Crippen molar-refractivity contribution in [2.24, 2.45) is 0 Å². The highest BCUT2D eigenvalue weighted by Crippen LogP contribution is 2.21. The summed E-state index contributed by atoms with van der Waals surface area (Å²) in [4.78, 5) is 12.2. The molecule has 2 aromatic rings. The number of methoxy groups -OCH3 is 1. The fraction of sp³-hybridized carbons (Fsp3) is 0.350. The molecule has 4 nitrogen and oxygen atoms in total. The van der Waals surface area contributed by atoms with Crippen molar-refractivity contribution in [2.75, 3.05) is 13.7 Å². The largest absolute Gasteiger partial charge is 0.494 e. The van der Waals surface area contributed by atoms with Crippen LogP contribution in [0.15, 0.2) is 48.5 Å². The number of halogens is 1. The fourth-order valence-corrected chi connectivity index (χ4v) is 2.78. The molecule has 0 spiro atoms. The zero-order chi connectivity index (χ0) is 18.2. The minimum Gasteiger partial charge on any atom is -0.494 e. The number of hydrogen-bond acceptors (Lipinski definition) is 3. The second-order valence-electron chi connectivity index (χ2n) is 6.14. The summed E-state index contributed by atoms with van der Waals surface area (Å²) < 4.78 is 18.6. The minimum absolute atomic E-state index is 0.0257. The molecule has 0 fully saturated rings. The predicted octanol–water partition coefficient (Wildman–Crippen LogP) is 3.05. The molecule has 2 aromatic carbocycles. The standard InChI is InChI=1S/C20H24FNO3/c1-14(23)10-17(16-6-4-3-5-7-16)13-22-20(24)12-15-8-9-19(25-2)18(21)11-15/h3-9,11,14,17,23H,10,12-13H2,1-2H3,(H,22,24). The number of nitrogens with one attached hydrogen (secondary N) is 1. The number of hydrogen-bond donors (Lipinski definition) is 2. The summed E-state index contributed by atoms with van der Waals surface area (Å²) in [7, 11) is 1.40. The Morgan fingerprint density at radius 1 is 1.24 bits per heavy atom. The first-order valence-electron chi connectivity index (χ1n) is 8.31. The lowest BCUT2D eigenvalue weighted by molar-refractivity contribution is -0.120. The molecule has 0 radical (unpaired) electrons. The third-order valence-electron chi connectivity index (χ3n) is 4.02. The molecule has 0 aliphatic carbocycles. The van der Waals surface area contributed by atoms with Crippen LogP contribution in [0.1, 0.15) is 30.4 Å². The van der Waals surface area contributed by atoms with Crippen molar-refractivity contribution < 1.29 is 19.0 Å². The van der Waals surface area contributed by atoms with Gasteiger partial charge in [-0.25, -0.2) is 4.39 Å². The highest BCUT2D eigenvalue weighted by atomic mass is 19.1. The highest BCUT2D eigenvalue weighted by molar-refractivity contribution is 5.78. The van der Waals surface area contributed by atoms with Crippen molar-refractivity contribution in [1.29, 1.82) is 0 Å².